The largest absolute Gasteiger partial charge is 0.354 e. The summed E-state index contributed by atoms with van der Waals surface area (Å²) in [7, 11) is 0. The van der Waals surface area contributed by atoms with Crippen molar-refractivity contribution in [1.29, 1.82) is 0 Å². The molecule has 1 aliphatic heterocycles. The van der Waals surface area contributed by atoms with Gasteiger partial charge in [-0.2, -0.15) is 0 Å². The van der Waals surface area contributed by atoms with Crippen LogP contribution in [0.3, 0.4) is 0 Å². The molecule has 1 aliphatic rings. The van der Waals surface area contributed by atoms with Crippen LogP contribution >= 0.6 is 0 Å². The topological polar surface area (TPSA) is 87.3 Å². The molecule has 2 atom stereocenters. The van der Waals surface area contributed by atoms with E-state index in [-0.39, 0.29) is 36.6 Å². The summed E-state index contributed by atoms with van der Waals surface area (Å²) >= 11 is 0. The maximum Gasteiger partial charge on any atom is 0.254 e. The van der Waals surface area contributed by atoms with Crippen LogP contribution in [0, 0.1) is 0 Å². The molecule has 146 valence electrons. The Morgan fingerprint density at radius 1 is 1.07 bits per heavy atom. The minimum atomic E-state index is -0.731. The van der Waals surface area contributed by atoms with E-state index in [1.807, 2.05) is 25.1 Å². The molecule has 3 rings (SSSR count). The monoisotopic (exact) mass is 379 g/mol. The lowest BCUT2D eigenvalue weighted by Gasteiger charge is -2.17. The third-order valence-corrected chi connectivity index (χ3v) is 4.83. The Morgan fingerprint density at radius 2 is 1.79 bits per heavy atom. The van der Waals surface area contributed by atoms with E-state index < -0.39 is 6.04 Å². The van der Waals surface area contributed by atoms with Gasteiger partial charge in [0.25, 0.3) is 5.91 Å². The minimum Gasteiger partial charge on any atom is -0.354 e. The highest BCUT2D eigenvalue weighted by molar-refractivity contribution is 6.09. The lowest BCUT2D eigenvalue weighted by molar-refractivity contribution is -0.122. The van der Waals surface area contributed by atoms with Crippen LogP contribution in [-0.4, -0.2) is 29.8 Å². The lowest BCUT2D eigenvalue weighted by atomic mass is 10.1. The summed E-state index contributed by atoms with van der Waals surface area (Å²) in [6.07, 6.45) is 2.15. The van der Waals surface area contributed by atoms with Gasteiger partial charge in [-0.1, -0.05) is 42.5 Å². The Bertz CT molecular complexity index is 851. The minimum absolute atomic E-state index is 0.0366. The molecule has 0 unspecified atom stereocenters. The SMILES string of the molecule is C[C@H](CCc1ccccc1)NC(=O)CC[C@@H]1NC(=O)c2ccccc2NC1=O. The van der Waals surface area contributed by atoms with E-state index in [1.54, 1.807) is 24.3 Å². The molecule has 0 aliphatic carbocycles. The van der Waals surface area contributed by atoms with Crippen LogP contribution in [-0.2, 0) is 16.0 Å². The van der Waals surface area contributed by atoms with Crippen molar-refractivity contribution in [1.82, 2.24) is 10.6 Å². The van der Waals surface area contributed by atoms with Crippen LogP contribution in [0.15, 0.2) is 54.6 Å². The van der Waals surface area contributed by atoms with Crippen molar-refractivity contribution in [3.63, 3.8) is 0 Å². The number of fused-ring (bicyclic) bond motifs is 1. The highest BCUT2D eigenvalue weighted by Gasteiger charge is 2.27. The first-order valence-corrected chi connectivity index (χ1v) is 9.57. The zero-order valence-corrected chi connectivity index (χ0v) is 15.9. The van der Waals surface area contributed by atoms with Crippen LogP contribution in [0.2, 0.25) is 0 Å². The van der Waals surface area contributed by atoms with E-state index in [2.05, 4.69) is 28.1 Å². The van der Waals surface area contributed by atoms with Crippen molar-refractivity contribution in [3.05, 3.63) is 65.7 Å². The van der Waals surface area contributed by atoms with Gasteiger partial charge < -0.3 is 16.0 Å². The van der Waals surface area contributed by atoms with Crippen LogP contribution in [0.1, 0.15) is 42.1 Å². The van der Waals surface area contributed by atoms with Gasteiger partial charge in [0.15, 0.2) is 0 Å². The number of hydrogen-bond donors (Lipinski definition) is 3. The zero-order chi connectivity index (χ0) is 19.9. The average Bonchev–Trinajstić information content (AvgIpc) is 2.82. The summed E-state index contributed by atoms with van der Waals surface area (Å²) in [5.74, 6) is -0.733. The number of anilines is 1. The summed E-state index contributed by atoms with van der Waals surface area (Å²) < 4.78 is 0. The van der Waals surface area contributed by atoms with Crippen molar-refractivity contribution in [3.8, 4) is 0 Å². The number of amides is 3. The van der Waals surface area contributed by atoms with Gasteiger partial charge in [-0.25, -0.2) is 0 Å². The Morgan fingerprint density at radius 3 is 2.57 bits per heavy atom. The van der Waals surface area contributed by atoms with Gasteiger partial charge in [-0.3, -0.25) is 14.4 Å². The molecule has 0 saturated heterocycles. The zero-order valence-electron chi connectivity index (χ0n) is 15.9. The first kappa shape index (κ1) is 19.6. The second-order valence-electron chi connectivity index (χ2n) is 7.09. The smallest absolute Gasteiger partial charge is 0.254 e. The van der Waals surface area contributed by atoms with Gasteiger partial charge in [0.1, 0.15) is 6.04 Å². The maximum atomic E-state index is 12.4. The number of aryl methyl sites for hydroxylation is 1. The Hall–Kier alpha value is -3.15. The average molecular weight is 379 g/mol. The van der Waals surface area contributed by atoms with Gasteiger partial charge in [0.05, 0.1) is 11.3 Å². The Balaban J connectivity index is 1.46. The number of benzene rings is 2. The van der Waals surface area contributed by atoms with E-state index in [9.17, 15) is 14.4 Å². The highest BCUT2D eigenvalue weighted by Crippen LogP contribution is 2.19. The third-order valence-electron chi connectivity index (χ3n) is 4.83. The quantitative estimate of drug-likeness (QED) is 0.691. The fraction of sp³-hybridized carbons (Fsp3) is 0.318. The van der Waals surface area contributed by atoms with E-state index in [0.717, 1.165) is 12.8 Å². The molecule has 0 spiro atoms. The van der Waals surface area contributed by atoms with E-state index >= 15 is 0 Å². The summed E-state index contributed by atoms with van der Waals surface area (Å²) in [5.41, 5.74) is 2.16. The number of rotatable bonds is 7. The maximum absolute atomic E-state index is 12.4. The molecule has 28 heavy (non-hydrogen) atoms. The van der Waals surface area contributed by atoms with E-state index in [1.165, 1.54) is 5.56 Å². The molecule has 0 aromatic heterocycles. The summed E-state index contributed by atoms with van der Waals surface area (Å²) in [6, 6.07) is 16.3. The Labute approximate surface area is 164 Å². The second-order valence-corrected chi connectivity index (χ2v) is 7.09. The third kappa shape index (κ3) is 5.19. The molecular weight excluding hydrogens is 354 g/mol. The number of nitrogens with one attached hydrogen (secondary N) is 3. The first-order valence-electron chi connectivity index (χ1n) is 9.57. The number of hydrogen-bond acceptors (Lipinski definition) is 3. The van der Waals surface area contributed by atoms with Gasteiger partial charge >= 0.3 is 0 Å². The molecule has 2 aromatic rings. The molecule has 3 amide bonds. The molecule has 0 radical (unpaired) electrons. The van der Waals surface area contributed by atoms with Gasteiger partial charge in [-0.05, 0) is 43.9 Å². The Kier molecular flexibility index (Phi) is 6.42. The van der Waals surface area contributed by atoms with Crippen molar-refractivity contribution in [2.24, 2.45) is 0 Å². The van der Waals surface area contributed by atoms with E-state index in [4.69, 9.17) is 0 Å². The molecule has 0 saturated carbocycles. The summed E-state index contributed by atoms with van der Waals surface area (Å²) in [5, 5.41) is 8.43. The van der Waals surface area contributed by atoms with Crippen molar-refractivity contribution in [2.75, 3.05) is 5.32 Å². The molecule has 0 bridgehead atoms. The van der Waals surface area contributed by atoms with Crippen LogP contribution < -0.4 is 16.0 Å². The summed E-state index contributed by atoms with van der Waals surface area (Å²) in [4.78, 5) is 36.9. The number of carbonyl (C=O) groups excluding carboxylic acids is 3. The van der Waals surface area contributed by atoms with Gasteiger partial charge in [0, 0.05) is 12.5 Å². The number of carbonyl (C=O) groups is 3. The van der Waals surface area contributed by atoms with Crippen molar-refractivity contribution in [2.45, 2.75) is 44.7 Å². The lowest BCUT2D eigenvalue weighted by Crippen LogP contribution is -2.42. The molecular formula is C22H25N3O3. The van der Waals surface area contributed by atoms with Gasteiger partial charge in [0.2, 0.25) is 11.8 Å². The second kappa shape index (κ2) is 9.17. The van der Waals surface area contributed by atoms with Gasteiger partial charge in [-0.15, -0.1) is 0 Å². The van der Waals surface area contributed by atoms with Crippen LogP contribution in [0.25, 0.3) is 0 Å². The number of para-hydroxylation sites is 1. The van der Waals surface area contributed by atoms with Crippen molar-refractivity contribution >= 4 is 23.4 Å². The molecule has 0 fully saturated rings. The fourth-order valence-corrected chi connectivity index (χ4v) is 3.24. The molecule has 6 heteroatoms. The first-order chi connectivity index (χ1) is 13.5. The predicted octanol–water partition coefficient (Wildman–Crippen LogP) is 2.65. The standard InChI is InChI=1S/C22H25N3O3/c1-15(11-12-16-7-3-2-4-8-16)23-20(26)14-13-19-22(28)24-18-10-6-5-9-17(18)21(27)25-19/h2-10,15,19H,11-14H2,1H3,(H,23,26)(H,24,28)(H,25,27)/t15-,19+/m1/s1. The normalized spacial score (nSPS) is 17.0. The molecule has 3 N–H and O–H groups in total. The van der Waals surface area contributed by atoms with Crippen LogP contribution in [0.4, 0.5) is 5.69 Å². The van der Waals surface area contributed by atoms with E-state index in [0.29, 0.717) is 11.3 Å². The molecule has 1 heterocycles. The highest BCUT2D eigenvalue weighted by atomic mass is 16.2. The molecule has 6 nitrogen and oxygen atoms in total. The molecule has 2 aromatic carbocycles. The van der Waals surface area contributed by atoms with Crippen molar-refractivity contribution < 1.29 is 14.4 Å². The predicted molar refractivity (Wildman–Crippen MR) is 108 cm³/mol. The summed E-state index contributed by atoms with van der Waals surface area (Å²) in [6.45, 7) is 1.97. The fourth-order valence-electron chi connectivity index (χ4n) is 3.24. The van der Waals surface area contributed by atoms with Crippen LogP contribution in [0.5, 0.6) is 0 Å².